The molecule has 1 fully saturated rings. The van der Waals surface area contributed by atoms with Crippen molar-refractivity contribution in [3.8, 4) is 16.9 Å². The standard InChI is InChI=1S/C21H26O/c1-14-4-6-17(7-5-14)18-8-10-19(11-9-18)20-12-15(2)21(22)16(3)13-20/h8-14,17,22H,4-7H2,1-3H3. The van der Waals surface area contributed by atoms with E-state index in [9.17, 15) is 5.11 Å². The number of hydrogen-bond acceptors (Lipinski definition) is 1. The Labute approximate surface area is 134 Å². The lowest BCUT2D eigenvalue weighted by Crippen LogP contribution is -2.10. The van der Waals surface area contributed by atoms with E-state index < -0.39 is 0 Å². The molecule has 0 aromatic heterocycles. The average molecular weight is 294 g/mol. The van der Waals surface area contributed by atoms with Gasteiger partial charge in [-0.2, -0.15) is 0 Å². The lowest BCUT2D eigenvalue weighted by Gasteiger charge is -2.26. The van der Waals surface area contributed by atoms with Crippen LogP contribution in [-0.4, -0.2) is 5.11 Å². The summed E-state index contributed by atoms with van der Waals surface area (Å²) in [6.07, 6.45) is 5.39. The number of benzene rings is 2. The summed E-state index contributed by atoms with van der Waals surface area (Å²) >= 11 is 0. The number of aromatic hydroxyl groups is 1. The highest BCUT2D eigenvalue weighted by molar-refractivity contribution is 5.67. The Kier molecular flexibility index (Phi) is 4.24. The van der Waals surface area contributed by atoms with E-state index in [-0.39, 0.29) is 0 Å². The molecular formula is C21H26O. The molecule has 0 heterocycles. The molecule has 1 heteroatoms. The molecule has 0 unspecified atom stereocenters. The third kappa shape index (κ3) is 3.04. The van der Waals surface area contributed by atoms with Gasteiger partial charge in [-0.15, -0.1) is 0 Å². The van der Waals surface area contributed by atoms with E-state index in [4.69, 9.17) is 0 Å². The van der Waals surface area contributed by atoms with Gasteiger partial charge < -0.3 is 5.11 Å². The second kappa shape index (κ2) is 6.16. The Morgan fingerprint density at radius 3 is 1.91 bits per heavy atom. The number of phenols is 1. The van der Waals surface area contributed by atoms with Gasteiger partial charge in [0.05, 0.1) is 0 Å². The van der Waals surface area contributed by atoms with Crippen molar-refractivity contribution in [1.82, 2.24) is 0 Å². The van der Waals surface area contributed by atoms with E-state index in [1.807, 2.05) is 13.8 Å². The maximum absolute atomic E-state index is 9.91. The van der Waals surface area contributed by atoms with Crippen molar-refractivity contribution in [2.24, 2.45) is 5.92 Å². The first-order valence-corrected chi connectivity index (χ1v) is 8.45. The van der Waals surface area contributed by atoms with Gasteiger partial charge in [-0.05, 0) is 78.5 Å². The molecule has 22 heavy (non-hydrogen) atoms. The smallest absolute Gasteiger partial charge is 0.121 e. The van der Waals surface area contributed by atoms with Gasteiger partial charge in [-0.25, -0.2) is 0 Å². The maximum atomic E-state index is 9.91. The molecule has 1 aliphatic rings. The quantitative estimate of drug-likeness (QED) is 0.723. The van der Waals surface area contributed by atoms with Crippen molar-refractivity contribution in [3.05, 3.63) is 53.1 Å². The number of hydrogen-bond donors (Lipinski definition) is 1. The van der Waals surface area contributed by atoms with E-state index in [2.05, 4.69) is 43.3 Å². The zero-order chi connectivity index (χ0) is 15.7. The van der Waals surface area contributed by atoms with Gasteiger partial charge in [0.1, 0.15) is 5.75 Å². The zero-order valence-electron chi connectivity index (χ0n) is 13.9. The molecule has 2 aromatic carbocycles. The van der Waals surface area contributed by atoms with Gasteiger partial charge in [-0.1, -0.05) is 44.0 Å². The Morgan fingerprint density at radius 1 is 0.818 bits per heavy atom. The summed E-state index contributed by atoms with van der Waals surface area (Å²) in [6, 6.07) is 13.2. The molecule has 0 amide bonds. The molecule has 1 aliphatic carbocycles. The maximum Gasteiger partial charge on any atom is 0.121 e. The van der Waals surface area contributed by atoms with Crippen LogP contribution in [0, 0.1) is 19.8 Å². The zero-order valence-corrected chi connectivity index (χ0v) is 13.9. The van der Waals surface area contributed by atoms with Gasteiger partial charge in [0.2, 0.25) is 0 Å². The number of aryl methyl sites for hydroxylation is 2. The highest BCUT2D eigenvalue weighted by Crippen LogP contribution is 2.36. The predicted molar refractivity (Wildman–Crippen MR) is 93.4 cm³/mol. The molecule has 0 radical (unpaired) electrons. The normalized spacial score (nSPS) is 21.8. The Bertz CT molecular complexity index is 623. The molecule has 0 saturated heterocycles. The van der Waals surface area contributed by atoms with E-state index >= 15 is 0 Å². The van der Waals surface area contributed by atoms with Crippen molar-refractivity contribution in [2.45, 2.75) is 52.4 Å². The minimum atomic E-state index is 0.414. The lowest BCUT2D eigenvalue weighted by atomic mass is 9.79. The summed E-state index contributed by atoms with van der Waals surface area (Å²) in [5.41, 5.74) is 5.80. The molecular weight excluding hydrogens is 268 g/mol. The van der Waals surface area contributed by atoms with Crippen molar-refractivity contribution < 1.29 is 5.11 Å². The van der Waals surface area contributed by atoms with Gasteiger partial charge in [0.25, 0.3) is 0 Å². The molecule has 0 atom stereocenters. The summed E-state index contributed by atoms with van der Waals surface area (Å²) in [7, 11) is 0. The molecule has 1 nitrogen and oxygen atoms in total. The topological polar surface area (TPSA) is 20.2 Å². The van der Waals surface area contributed by atoms with Crippen LogP contribution in [-0.2, 0) is 0 Å². The molecule has 2 aromatic rings. The van der Waals surface area contributed by atoms with Crippen LogP contribution in [0.1, 0.15) is 55.2 Å². The third-order valence-corrected chi connectivity index (χ3v) is 5.22. The summed E-state index contributed by atoms with van der Waals surface area (Å²) in [4.78, 5) is 0. The Balaban J connectivity index is 1.82. The minimum Gasteiger partial charge on any atom is -0.507 e. The highest BCUT2D eigenvalue weighted by atomic mass is 16.3. The van der Waals surface area contributed by atoms with E-state index in [1.54, 1.807) is 0 Å². The Morgan fingerprint density at radius 2 is 1.36 bits per heavy atom. The van der Waals surface area contributed by atoms with E-state index in [0.717, 1.165) is 23.0 Å². The highest BCUT2D eigenvalue weighted by Gasteiger charge is 2.19. The van der Waals surface area contributed by atoms with Crippen LogP contribution in [0.4, 0.5) is 0 Å². The fourth-order valence-corrected chi connectivity index (χ4v) is 3.66. The van der Waals surface area contributed by atoms with Gasteiger partial charge in [-0.3, -0.25) is 0 Å². The summed E-state index contributed by atoms with van der Waals surface area (Å²) in [5, 5.41) is 9.91. The first-order chi connectivity index (χ1) is 10.5. The van der Waals surface area contributed by atoms with Gasteiger partial charge in [0, 0.05) is 0 Å². The van der Waals surface area contributed by atoms with Crippen LogP contribution in [0.5, 0.6) is 5.75 Å². The first kappa shape index (κ1) is 15.1. The largest absolute Gasteiger partial charge is 0.507 e. The molecule has 116 valence electrons. The van der Waals surface area contributed by atoms with Crippen molar-refractivity contribution in [1.29, 1.82) is 0 Å². The first-order valence-electron chi connectivity index (χ1n) is 8.45. The molecule has 1 saturated carbocycles. The van der Waals surface area contributed by atoms with Gasteiger partial charge >= 0.3 is 0 Å². The molecule has 1 N–H and O–H groups in total. The molecule has 0 bridgehead atoms. The van der Waals surface area contributed by atoms with Crippen LogP contribution in [0.25, 0.3) is 11.1 Å². The minimum absolute atomic E-state index is 0.414. The Hall–Kier alpha value is -1.76. The van der Waals surface area contributed by atoms with Crippen LogP contribution < -0.4 is 0 Å². The third-order valence-electron chi connectivity index (χ3n) is 5.22. The number of rotatable bonds is 2. The van der Waals surface area contributed by atoms with Crippen LogP contribution in [0.2, 0.25) is 0 Å². The summed E-state index contributed by atoms with van der Waals surface area (Å²) in [5.74, 6) is 2.06. The fourth-order valence-electron chi connectivity index (χ4n) is 3.66. The monoisotopic (exact) mass is 294 g/mol. The van der Waals surface area contributed by atoms with Crippen molar-refractivity contribution in [3.63, 3.8) is 0 Å². The number of phenolic OH excluding ortho intramolecular Hbond substituents is 1. The summed E-state index contributed by atoms with van der Waals surface area (Å²) in [6.45, 7) is 6.29. The average Bonchev–Trinajstić information content (AvgIpc) is 2.53. The van der Waals surface area contributed by atoms with E-state index in [1.165, 1.54) is 42.4 Å². The second-order valence-electron chi connectivity index (χ2n) is 7.04. The molecule has 3 rings (SSSR count). The fraction of sp³-hybridized carbons (Fsp3) is 0.429. The second-order valence-corrected chi connectivity index (χ2v) is 7.04. The van der Waals surface area contributed by atoms with Gasteiger partial charge in [0.15, 0.2) is 0 Å². The summed E-state index contributed by atoms with van der Waals surface area (Å²) < 4.78 is 0. The lowest BCUT2D eigenvalue weighted by molar-refractivity contribution is 0.348. The van der Waals surface area contributed by atoms with Crippen LogP contribution >= 0.6 is 0 Å². The van der Waals surface area contributed by atoms with E-state index in [0.29, 0.717) is 5.75 Å². The predicted octanol–water partition coefficient (Wildman–Crippen LogP) is 5.97. The molecule has 0 spiro atoms. The van der Waals surface area contributed by atoms with Crippen molar-refractivity contribution >= 4 is 0 Å². The van der Waals surface area contributed by atoms with Crippen LogP contribution in [0.15, 0.2) is 36.4 Å². The van der Waals surface area contributed by atoms with Crippen molar-refractivity contribution in [2.75, 3.05) is 0 Å². The molecule has 0 aliphatic heterocycles. The SMILES string of the molecule is Cc1cc(-c2ccc(C3CCC(C)CC3)cc2)cc(C)c1O. The van der Waals surface area contributed by atoms with Crippen LogP contribution in [0.3, 0.4) is 0 Å².